The highest BCUT2D eigenvalue weighted by Gasteiger charge is 2.15. The predicted octanol–water partition coefficient (Wildman–Crippen LogP) is 3.80. The van der Waals surface area contributed by atoms with E-state index in [-0.39, 0.29) is 5.91 Å². The first-order chi connectivity index (χ1) is 11.2. The summed E-state index contributed by atoms with van der Waals surface area (Å²) in [5.74, 6) is -0.0720. The summed E-state index contributed by atoms with van der Waals surface area (Å²) in [5.41, 5.74) is 5.14. The van der Waals surface area contributed by atoms with E-state index in [1.807, 2.05) is 36.5 Å². The first kappa shape index (κ1) is 13.9. The molecule has 0 fully saturated rings. The number of anilines is 2. The van der Waals surface area contributed by atoms with Crippen molar-refractivity contribution < 1.29 is 4.79 Å². The molecule has 0 radical (unpaired) electrons. The normalized spacial score (nSPS) is 13.9. The lowest BCUT2D eigenvalue weighted by Crippen LogP contribution is -2.24. The molecule has 116 valence electrons. The Balaban J connectivity index is 1.58. The Bertz CT molecular complexity index is 881. The average Bonchev–Trinajstić information content (AvgIpc) is 3.02. The van der Waals surface area contributed by atoms with Crippen LogP contribution in [-0.2, 0) is 6.42 Å². The zero-order chi connectivity index (χ0) is 15.8. The van der Waals surface area contributed by atoms with Gasteiger partial charge in [0.1, 0.15) is 0 Å². The third-order valence-electron chi connectivity index (χ3n) is 4.50. The van der Waals surface area contributed by atoms with Crippen molar-refractivity contribution in [2.75, 3.05) is 23.8 Å². The van der Waals surface area contributed by atoms with Crippen LogP contribution < -0.4 is 10.2 Å². The molecule has 0 bridgehead atoms. The predicted molar refractivity (Wildman–Crippen MR) is 94.3 cm³/mol. The number of carbonyl (C=O) groups excluding carboxylic acids is 1. The average molecular weight is 305 g/mol. The molecule has 4 rings (SSSR count). The first-order valence-electron chi connectivity index (χ1n) is 7.93. The van der Waals surface area contributed by atoms with E-state index in [0.29, 0.717) is 5.56 Å². The SMILES string of the molecule is CN1CCCc2cc(NC(=O)c3ccc4[nH]ccc4c3)ccc21. The van der Waals surface area contributed by atoms with Gasteiger partial charge >= 0.3 is 0 Å². The molecule has 4 nitrogen and oxygen atoms in total. The third kappa shape index (κ3) is 2.57. The van der Waals surface area contributed by atoms with E-state index in [2.05, 4.69) is 34.4 Å². The summed E-state index contributed by atoms with van der Waals surface area (Å²) in [7, 11) is 2.11. The lowest BCUT2D eigenvalue weighted by atomic mass is 10.0. The van der Waals surface area contributed by atoms with Gasteiger partial charge in [-0.2, -0.15) is 0 Å². The highest BCUT2D eigenvalue weighted by Crippen LogP contribution is 2.28. The van der Waals surface area contributed by atoms with Crippen LogP contribution in [0.15, 0.2) is 48.7 Å². The molecule has 1 aromatic heterocycles. The Kier molecular flexibility index (Phi) is 3.30. The smallest absolute Gasteiger partial charge is 0.255 e. The summed E-state index contributed by atoms with van der Waals surface area (Å²) in [6, 6.07) is 13.8. The van der Waals surface area contributed by atoms with Crippen LogP contribution >= 0.6 is 0 Å². The Morgan fingerprint density at radius 3 is 3.00 bits per heavy atom. The molecule has 23 heavy (non-hydrogen) atoms. The van der Waals surface area contributed by atoms with Gasteiger partial charge in [0.25, 0.3) is 5.91 Å². The van der Waals surface area contributed by atoms with Gasteiger partial charge in [-0.15, -0.1) is 0 Å². The second-order valence-corrected chi connectivity index (χ2v) is 6.10. The van der Waals surface area contributed by atoms with Crippen molar-refractivity contribution in [2.45, 2.75) is 12.8 Å². The molecule has 0 saturated carbocycles. The fourth-order valence-electron chi connectivity index (χ4n) is 3.26. The van der Waals surface area contributed by atoms with Crippen LogP contribution in [0.5, 0.6) is 0 Å². The minimum atomic E-state index is -0.0720. The van der Waals surface area contributed by atoms with E-state index in [0.717, 1.165) is 36.0 Å². The number of nitrogens with one attached hydrogen (secondary N) is 2. The van der Waals surface area contributed by atoms with Gasteiger partial charge in [0.15, 0.2) is 0 Å². The van der Waals surface area contributed by atoms with Gasteiger partial charge in [-0.1, -0.05) is 0 Å². The maximum Gasteiger partial charge on any atom is 0.255 e. The van der Waals surface area contributed by atoms with Crippen molar-refractivity contribution in [1.82, 2.24) is 4.98 Å². The fourth-order valence-corrected chi connectivity index (χ4v) is 3.26. The summed E-state index contributed by atoms with van der Waals surface area (Å²) >= 11 is 0. The van der Waals surface area contributed by atoms with E-state index in [1.54, 1.807) is 0 Å². The maximum atomic E-state index is 12.5. The van der Waals surface area contributed by atoms with E-state index >= 15 is 0 Å². The lowest BCUT2D eigenvalue weighted by molar-refractivity contribution is 0.102. The number of amides is 1. The summed E-state index contributed by atoms with van der Waals surface area (Å²) in [6.45, 7) is 1.09. The number of H-pyrrole nitrogens is 1. The molecule has 3 aromatic rings. The largest absolute Gasteiger partial charge is 0.374 e. The molecule has 4 heteroatoms. The van der Waals surface area contributed by atoms with Gasteiger partial charge in [0.05, 0.1) is 0 Å². The minimum Gasteiger partial charge on any atom is -0.374 e. The Hall–Kier alpha value is -2.75. The Morgan fingerprint density at radius 1 is 1.17 bits per heavy atom. The molecular formula is C19H19N3O. The summed E-state index contributed by atoms with van der Waals surface area (Å²) in [6.07, 6.45) is 4.11. The quantitative estimate of drug-likeness (QED) is 0.756. The van der Waals surface area contributed by atoms with Crippen molar-refractivity contribution in [1.29, 1.82) is 0 Å². The molecule has 0 unspecified atom stereocenters. The van der Waals surface area contributed by atoms with Crippen LogP contribution in [0.1, 0.15) is 22.3 Å². The second kappa shape index (κ2) is 5.47. The number of carbonyl (C=O) groups is 1. The van der Waals surface area contributed by atoms with E-state index in [4.69, 9.17) is 0 Å². The number of hydrogen-bond donors (Lipinski definition) is 2. The Morgan fingerprint density at radius 2 is 2.09 bits per heavy atom. The van der Waals surface area contributed by atoms with E-state index < -0.39 is 0 Å². The lowest BCUT2D eigenvalue weighted by Gasteiger charge is -2.27. The van der Waals surface area contributed by atoms with Crippen LogP contribution in [-0.4, -0.2) is 24.5 Å². The van der Waals surface area contributed by atoms with E-state index in [1.165, 1.54) is 11.3 Å². The highest BCUT2D eigenvalue weighted by atomic mass is 16.1. The van der Waals surface area contributed by atoms with Crippen LogP contribution in [0.2, 0.25) is 0 Å². The molecule has 2 heterocycles. The van der Waals surface area contributed by atoms with Gasteiger partial charge in [-0.3, -0.25) is 4.79 Å². The van der Waals surface area contributed by atoms with Gasteiger partial charge < -0.3 is 15.2 Å². The van der Waals surface area contributed by atoms with Crippen LogP contribution in [0, 0.1) is 0 Å². The van der Waals surface area contributed by atoms with Crippen LogP contribution in [0.4, 0.5) is 11.4 Å². The standard InChI is InChI=1S/C19H19N3O/c1-22-10-2-3-14-12-16(5-7-18(14)22)21-19(23)15-4-6-17-13(11-15)8-9-20-17/h4-9,11-12,20H,2-3,10H2,1H3,(H,21,23). The monoisotopic (exact) mass is 305 g/mol. The fraction of sp³-hybridized carbons (Fsp3) is 0.211. The number of nitrogens with zero attached hydrogens (tertiary/aromatic N) is 1. The third-order valence-corrected chi connectivity index (χ3v) is 4.50. The van der Waals surface area contributed by atoms with E-state index in [9.17, 15) is 4.79 Å². The molecular weight excluding hydrogens is 286 g/mol. The molecule has 2 N–H and O–H groups in total. The minimum absolute atomic E-state index is 0.0720. The number of fused-ring (bicyclic) bond motifs is 2. The van der Waals surface area contributed by atoms with Crippen molar-refractivity contribution in [2.24, 2.45) is 0 Å². The topological polar surface area (TPSA) is 48.1 Å². The zero-order valence-corrected chi connectivity index (χ0v) is 13.1. The van der Waals surface area contributed by atoms with Crippen LogP contribution in [0.25, 0.3) is 10.9 Å². The van der Waals surface area contributed by atoms with Crippen LogP contribution in [0.3, 0.4) is 0 Å². The Labute approximate surface area is 135 Å². The van der Waals surface area contributed by atoms with Crippen molar-refractivity contribution in [3.8, 4) is 0 Å². The number of benzene rings is 2. The summed E-state index contributed by atoms with van der Waals surface area (Å²) in [4.78, 5) is 17.9. The van der Waals surface area contributed by atoms with Gasteiger partial charge in [0.2, 0.25) is 0 Å². The van der Waals surface area contributed by atoms with Crippen molar-refractivity contribution >= 4 is 28.2 Å². The highest BCUT2D eigenvalue weighted by molar-refractivity contribution is 6.06. The second-order valence-electron chi connectivity index (χ2n) is 6.10. The molecule has 1 aliphatic heterocycles. The summed E-state index contributed by atoms with van der Waals surface area (Å²) < 4.78 is 0. The van der Waals surface area contributed by atoms with Gasteiger partial charge in [-0.25, -0.2) is 0 Å². The molecule has 1 aliphatic rings. The molecule has 0 aliphatic carbocycles. The molecule has 0 atom stereocenters. The van der Waals surface area contributed by atoms with Crippen molar-refractivity contribution in [3.63, 3.8) is 0 Å². The van der Waals surface area contributed by atoms with Gasteiger partial charge in [0, 0.05) is 47.6 Å². The first-order valence-corrected chi connectivity index (χ1v) is 7.93. The molecule has 0 saturated heterocycles. The molecule has 0 spiro atoms. The molecule has 2 aromatic carbocycles. The molecule has 1 amide bonds. The maximum absolute atomic E-state index is 12.5. The number of aryl methyl sites for hydroxylation is 1. The summed E-state index contributed by atoms with van der Waals surface area (Å²) in [5, 5.41) is 4.06. The number of aromatic nitrogens is 1. The number of aromatic amines is 1. The number of rotatable bonds is 2. The van der Waals surface area contributed by atoms with Gasteiger partial charge in [-0.05, 0) is 60.9 Å². The zero-order valence-electron chi connectivity index (χ0n) is 13.1. The van der Waals surface area contributed by atoms with Crippen molar-refractivity contribution in [3.05, 3.63) is 59.8 Å². The number of hydrogen-bond acceptors (Lipinski definition) is 2.